The molecule has 1 rings (SSSR count). The maximum Gasteiger partial charge on any atom is 0.321 e. The van der Waals surface area contributed by atoms with E-state index in [0.717, 1.165) is 0 Å². The molecule has 0 aliphatic rings. The summed E-state index contributed by atoms with van der Waals surface area (Å²) in [6.45, 7) is 2.67. The van der Waals surface area contributed by atoms with Crippen LogP contribution in [0.25, 0.3) is 0 Å². The number of nitrogens with one attached hydrogen (secondary N) is 3. The van der Waals surface area contributed by atoms with Gasteiger partial charge in [0.2, 0.25) is 5.95 Å². The van der Waals surface area contributed by atoms with Gasteiger partial charge in [-0.05, 0) is 19.9 Å². The van der Waals surface area contributed by atoms with Crippen molar-refractivity contribution in [2.75, 3.05) is 18.4 Å². The van der Waals surface area contributed by atoms with Crippen LogP contribution in [0, 0.1) is 6.92 Å². The molecule has 2 amide bonds. The molecule has 7 nitrogen and oxygen atoms in total. The van der Waals surface area contributed by atoms with Gasteiger partial charge in [0, 0.05) is 18.3 Å². The number of hydrogen-bond acceptors (Lipinski definition) is 4. The number of nitrogens with zero attached hydrogens (tertiary/aromatic N) is 1. The van der Waals surface area contributed by atoms with Gasteiger partial charge in [0.15, 0.2) is 0 Å². The van der Waals surface area contributed by atoms with Crippen molar-refractivity contribution in [3.8, 4) is 0 Å². The van der Waals surface area contributed by atoms with E-state index >= 15 is 0 Å². The normalized spacial score (nSPS) is 9.29. The van der Waals surface area contributed by atoms with E-state index in [1.165, 1.54) is 6.07 Å². The van der Waals surface area contributed by atoms with Crippen molar-refractivity contribution in [1.82, 2.24) is 15.3 Å². The number of nitrogens with two attached hydrogens (primary N) is 1. The molecule has 1 aromatic rings. The van der Waals surface area contributed by atoms with Gasteiger partial charge < -0.3 is 11.1 Å². The summed E-state index contributed by atoms with van der Waals surface area (Å²) in [6, 6.07) is 0.930. The minimum Gasteiger partial charge on any atom is -0.338 e. The van der Waals surface area contributed by atoms with E-state index in [4.69, 9.17) is 5.73 Å². The number of H-pyrrole nitrogens is 1. The number of carbonyl (C=O) groups is 1. The summed E-state index contributed by atoms with van der Waals surface area (Å²) >= 11 is 0. The minimum absolute atomic E-state index is 0. The van der Waals surface area contributed by atoms with Crippen LogP contribution in [0.3, 0.4) is 0 Å². The van der Waals surface area contributed by atoms with Crippen LogP contribution in [0.4, 0.5) is 10.7 Å². The maximum absolute atomic E-state index is 11.3. The molecule has 0 spiro atoms. The molecule has 96 valence electrons. The smallest absolute Gasteiger partial charge is 0.321 e. The number of aromatic amines is 1. The van der Waals surface area contributed by atoms with E-state index in [0.29, 0.717) is 25.2 Å². The Balaban J connectivity index is 0.00000256. The molecule has 0 radical (unpaired) electrons. The number of hydrogen-bond donors (Lipinski definition) is 4. The molecule has 0 saturated heterocycles. The third-order valence-corrected chi connectivity index (χ3v) is 1.77. The lowest BCUT2D eigenvalue weighted by Crippen LogP contribution is -2.31. The number of aromatic nitrogens is 2. The molecular weight excluding hydrogens is 222 g/mol. The summed E-state index contributed by atoms with van der Waals surface area (Å²) in [5.74, 6) is 0.134. The Labute approximate surface area is 99.8 Å². The zero-order valence-corrected chi connectivity index (χ0v) is 9.04. The number of rotatable bonds is 4. The summed E-state index contributed by atoms with van der Waals surface area (Å²) in [4.78, 5) is 28.7. The van der Waals surface area contributed by atoms with Gasteiger partial charge in [-0.3, -0.25) is 15.1 Å². The predicted octanol–water partition coefficient (Wildman–Crippen LogP) is 0.185. The van der Waals surface area contributed by atoms with Crippen LogP contribution in [0.2, 0.25) is 0 Å². The van der Waals surface area contributed by atoms with Crippen LogP contribution < -0.4 is 21.9 Å². The van der Waals surface area contributed by atoms with Crippen LogP contribution in [0.15, 0.2) is 10.9 Å². The van der Waals surface area contributed by atoms with Gasteiger partial charge >= 0.3 is 6.03 Å². The van der Waals surface area contributed by atoms with Gasteiger partial charge in [-0.2, -0.15) is 0 Å². The average Bonchev–Trinajstić information content (AvgIpc) is 2.16. The van der Waals surface area contributed by atoms with Gasteiger partial charge in [-0.15, -0.1) is 0 Å². The first-order valence-corrected chi connectivity index (χ1v) is 4.94. The number of anilines is 1. The van der Waals surface area contributed by atoms with E-state index < -0.39 is 6.03 Å². The number of carbonyl (C=O) groups excluding carboxylic acids is 1. The van der Waals surface area contributed by atoms with Gasteiger partial charge in [0.1, 0.15) is 0 Å². The van der Waals surface area contributed by atoms with Crippen molar-refractivity contribution in [3.63, 3.8) is 0 Å². The Hall–Kier alpha value is -1.89. The molecule has 1 heterocycles. The summed E-state index contributed by atoms with van der Waals surface area (Å²) in [5, 5.41) is 5.00. The fraction of sp³-hybridized carbons (Fsp3) is 0.500. The van der Waals surface area contributed by atoms with Crippen LogP contribution >= 0.6 is 0 Å². The number of aryl methyl sites for hydroxylation is 1. The van der Waals surface area contributed by atoms with E-state index in [9.17, 15) is 9.59 Å². The van der Waals surface area contributed by atoms with E-state index in [1.807, 2.05) is 0 Å². The molecule has 7 heteroatoms. The van der Waals surface area contributed by atoms with Gasteiger partial charge in [-0.25, -0.2) is 9.78 Å². The zero-order chi connectivity index (χ0) is 12.0. The second-order valence-corrected chi connectivity index (χ2v) is 3.26. The quantitative estimate of drug-likeness (QED) is 0.563. The Morgan fingerprint density at radius 3 is 2.88 bits per heavy atom. The second kappa shape index (κ2) is 7.39. The molecule has 0 saturated carbocycles. The maximum atomic E-state index is 11.3. The lowest BCUT2D eigenvalue weighted by molar-refractivity contribution is 0.252. The first-order chi connectivity index (χ1) is 7.61. The molecule has 1 aromatic heterocycles. The highest BCUT2D eigenvalue weighted by Crippen LogP contribution is 1.94. The lowest BCUT2D eigenvalue weighted by Gasteiger charge is -2.06. The van der Waals surface area contributed by atoms with E-state index in [-0.39, 0.29) is 18.9 Å². The van der Waals surface area contributed by atoms with Crippen LogP contribution in [-0.2, 0) is 0 Å². The predicted molar refractivity (Wildman–Crippen MR) is 67.0 cm³/mol. The van der Waals surface area contributed by atoms with Crippen molar-refractivity contribution in [1.29, 1.82) is 0 Å². The molecule has 0 aliphatic carbocycles. The van der Waals surface area contributed by atoms with Crippen molar-refractivity contribution < 1.29 is 4.79 Å². The van der Waals surface area contributed by atoms with Crippen molar-refractivity contribution in [2.24, 2.45) is 5.73 Å². The lowest BCUT2D eigenvalue weighted by atomic mass is 10.4. The first kappa shape index (κ1) is 15.1. The van der Waals surface area contributed by atoms with Crippen molar-refractivity contribution in [2.45, 2.75) is 20.8 Å². The van der Waals surface area contributed by atoms with Crippen LogP contribution in [0.5, 0.6) is 0 Å². The molecule has 0 unspecified atom stereocenters. The second-order valence-electron chi connectivity index (χ2n) is 3.26. The first-order valence-electron chi connectivity index (χ1n) is 4.94. The summed E-state index contributed by atoms with van der Waals surface area (Å²) in [6.07, 6.45) is 0.700. The summed E-state index contributed by atoms with van der Waals surface area (Å²) in [5.41, 5.74) is 5.52. The third-order valence-electron chi connectivity index (χ3n) is 1.77. The van der Waals surface area contributed by atoms with Crippen LogP contribution in [0.1, 0.15) is 19.5 Å². The SMILES string of the molecule is C.Cc1cc(=O)[nH]c(NC(=O)NCCCN)n1. The largest absolute Gasteiger partial charge is 0.338 e. The Morgan fingerprint density at radius 2 is 2.29 bits per heavy atom. The molecular formula is C10H19N5O2. The Bertz CT molecular complexity index is 415. The fourth-order valence-electron chi connectivity index (χ4n) is 1.09. The highest BCUT2D eigenvalue weighted by atomic mass is 16.2. The van der Waals surface area contributed by atoms with Gasteiger partial charge in [0.25, 0.3) is 5.56 Å². The third kappa shape index (κ3) is 5.67. The fourth-order valence-corrected chi connectivity index (χ4v) is 1.09. The Kier molecular flexibility index (Phi) is 6.57. The molecule has 0 aromatic carbocycles. The number of amides is 2. The highest BCUT2D eigenvalue weighted by Gasteiger charge is 2.03. The molecule has 17 heavy (non-hydrogen) atoms. The molecule has 0 bridgehead atoms. The van der Waals surface area contributed by atoms with Gasteiger partial charge in [0.05, 0.1) is 0 Å². The van der Waals surface area contributed by atoms with Crippen molar-refractivity contribution >= 4 is 12.0 Å². The zero-order valence-electron chi connectivity index (χ0n) is 9.04. The molecule has 0 atom stereocenters. The van der Waals surface area contributed by atoms with Crippen LogP contribution in [-0.4, -0.2) is 29.1 Å². The van der Waals surface area contributed by atoms with Gasteiger partial charge in [-0.1, -0.05) is 7.43 Å². The number of urea groups is 1. The molecule has 5 N–H and O–H groups in total. The highest BCUT2D eigenvalue weighted by molar-refractivity contribution is 5.87. The monoisotopic (exact) mass is 241 g/mol. The topological polar surface area (TPSA) is 113 Å². The van der Waals surface area contributed by atoms with E-state index in [1.54, 1.807) is 6.92 Å². The van der Waals surface area contributed by atoms with E-state index in [2.05, 4.69) is 20.6 Å². The average molecular weight is 241 g/mol. The Morgan fingerprint density at radius 1 is 1.59 bits per heavy atom. The summed E-state index contributed by atoms with van der Waals surface area (Å²) in [7, 11) is 0. The molecule has 0 aliphatic heterocycles. The minimum atomic E-state index is -0.415. The summed E-state index contributed by atoms with van der Waals surface area (Å²) < 4.78 is 0. The van der Waals surface area contributed by atoms with Crippen molar-refractivity contribution in [3.05, 3.63) is 22.1 Å². The standard InChI is InChI=1S/C9H15N5O2.CH4/c1-6-5-7(15)13-8(12-6)14-9(16)11-4-2-3-10;/h5H,2-4,10H2,1H3,(H3,11,12,13,14,15,16);1H4. The molecule has 0 fully saturated rings.